The summed E-state index contributed by atoms with van der Waals surface area (Å²) in [6, 6.07) is 12.2. The minimum absolute atomic E-state index is 0.0365. The molecule has 0 radical (unpaired) electrons. The predicted octanol–water partition coefficient (Wildman–Crippen LogP) is 3.28. The molecule has 1 atom stereocenters. The van der Waals surface area contributed by atoms with Crippen LogP contribution in [-0.2, 0) is 14.4 Å². The van der Waals surface area contributed by atoms with Crippen molar-refractivity contribution in [3.8, 4) is 0 Å². The summed E-state index contributed by atoms with van der Waals surface area (Å²) < 4.78 is 0. The lowest BCUT2D eigenvalue weighted by Crippen LogP contribution is -2.45. The molecular formula is C22H25ClN4O3. The zero-order valence-electron chi connectivity index (χ0n) is 17.2. The molecule has 1 aliphatic rings. The van der Waals surface area contributed by atoms with Gasteiger partial charge in [-0.25, -0.2) is 0 Å². The van der Waals surface area contributed by atoms with Crippen LogP contribution >= 0.6 is 11.6 Å². The molecule has 0 aromatic heterocycles. The topological polar surface area (TPSA) is 81.8 Å². The number of nitrogens with one attached hydrogen (secondary N) is 2. The Morgan fingerprint density at radius 2 is 1.97 bits per heavy atom. The van der Waals surface area contributed by atoms with Crippen molar-refractivity contribution in [1.29, 1.82) is 0 Å². The van der Waals surface area contributed by atoms with Crippen LogP contribution in [0.5, 0.6) is 0 Å². The first-order valence-corrected chi connectivity index (χ1v) is 10.1. The molecule has 0 spiro atoms. The largest absolute Gasteiger partial charge is 0.325 e. The first-order valence-electron chi connectivity index (χ1n) is 9.70. The van der Waals surface area contributed by atoms with E-state index in [1.807, 2.05) is 38.1 Å². The van der Waals surface area contributed by atoms with Crippen molar-refractivity contribution in [2.75, 3.05) is 35.7 Å². The lowest BCUT2D eigenvalue weighted by molar-refractivity contribution is -0.121. The zero-order valence-corrected chi connectivity index (χ0v) is 18.0. The van der Waals surface area contributed by atoms with E-state index in [2.05, 4.69) is 10.6 Å². The van der Waals surface area contributed by atoms with Gasteiger partial charge in [0.1, 0.15) is 0 Å². The second-order valence-corrected chi connectivity index (χ2v) is 8.00. The summed E-state index contributed by atoms with van der Waals surface area (Å²) >= 11 is 6.00. The average molecular weight is 429 g/mol. The molecule has 0 unspecified atom stereocenters. The van der Waals surface area contributed by atoms with E-state index in [0.717, 1.165) is 5.56 Å². The Labute approximate surface area is 181 Å². The lowest BCUT2D eigenvalue weighted by Gasteiger charge is -2.29. The fraction of sp³-hybridized carbons (Fsp3) is 0.318. The van der Waals surface area contributed by atoms with Crippen LogP contribution in [0, 0.1) is 6.92 Å². The summed E-state index contributed by atoms with van der Waals surface area (Å²) in [6.07, 6.45) is 0.207. The van der Waals surface area contributed by atoms with Gasteiger partial charge in [0.25, 0.3) is 0 Å². The smallest absolute Gasteiger partial charge is 0.241 e. The van der Waals surface area contributed by atoms with Crippen molar-refractivity contribution in [3.05, 3.63) is 53.1 Å². The van der Waals surface area contributed by atoms with Crippen LogP contribution < -0.4 is 15.5 Å². The summed E-state index contributed by atoms with van der Waals surface area (Å²) in [6.45, 7) is 3.80. The van der Waals surface area contributed by atoms with E-state index in [1.165, 1.54) is 0 Å². The van der Waals surface area contributed by atoms with E-state index in [9.17, 15) is 14.4 Å². The van der Waals surface area contributed by atoms with Crippen LogP contribution in [0.4, 0.5) is 17.1 Å². The zero-order chi connectivity index (χ0) is 21.8. The van der Waals surface area contributed by atoms with Gasteiger partial charge in [-0.1, -0.05) is 29.8 Å². The Morgan fingerprint density at radius 3 is 2.73 bits per heavy atom. The van der Waals surface area contributed by atoms with Gasteiger partial charge in [0.05, 0.1) is 24.5 Å². The Hall–Kier alpha value is -2.90. The Morgan fingerprint density at radius 1 is 1.23 bits per heavy atom. The third kappa shape index (κ3) is 5.17. The number of hydrogen-bond acceptors (Lipinski definition) is 4. The van der Waals surface area contributed by atoms with Gasteiger partial charge in [-0.05, 0) is 50.7 Å². The number of carbonyl (C=O) groups is 3. The molecule has 7 nitrogen and oxygen atoms in total. The summed E-state index contributed by atoms with van der Waals surface area (Å²) in [5.41, 5.74) is 2.82. The average Bonchev–Trinajstić information content (AvgIpc) is 2.78. The third-order valence-corrected chi connectivity index (χ3v) is 5.16. The van der Waals surface area contributed by atoms with Gasteiger partial charge >= 0.3 is 0 Å². The number of carbonyl (C=O) groups excluding carboxylic acids is 3. The number of nitrogens with zero attached hydrogens (tertiary/aromatic N) is 2. The standard InChI is InChI=1S/C22H25ClN4O3/c1-14-8-9-16(23)11-18(14)25-21(29)12-26(3)13-22(30)27-15(2)10-20(28)24-17-6-4-5-7-19(17)27/h4-9,11,15H,10,12-13H2,1-3H3,(H,24,28)(H,25,29)/t15-/m0/s1. The Bertz CT molecular complexity index is 979. The summed E-state index contributed by atoms with van der Waals surface area (Å²) in [7, 11) is 1.71. The monoisotopic (exact) mass is 428 g/mol. The fourth-order valence-corrected chi connectivity index (χ4v) is 3.67. The van der Waals surface area contributed by atoms with Crippen molar-refractivity contribution >= 4 is 46.4 Å². The van der Waals surface area contributed by atoms with Gasteiger partial charge < -0.3 is 15.5 Å². The van der Waals surface area contributed by atoms with Gasteiger partial charge in [-0.2, -0.15) is 0 Å². The minimum atomic E-state index is -0.294. The van der Waals surface area contributed by atoms with Crippen LogP contribution in [0.15, 0.2) is 42.5 Å². The first kappa shape index (κ1) is 21.8. The van der Waals surface area contributed by atoms with Gasteiger partial charge in [-0.3, -0.25) is 19.3 Å². The number of fused-ring (bicyclic) bond motifs is 1. The van der Waals surface area contributed by atoms with Crippen LogP contribution in [0.3, 0.4) is 0 Å². The highest BCUT2D eigenvalue weighted by molar-refractivity contribution is 6.31. The molecule has 2 N–H and O–H groups in total. The van der Waals surface area contributed by atoms with E-state index in [4.69, 9.17) is 11.6 Å². The van der Waals surface area contributed by atoms with E-state index >= 15 is 0 Å². The van der Waals surface area contributed by atoms with Gasteiger partial charge in [0.15, 0.2) is 0 Å². The van der Waals surface area contributed by atoms with Crippen LogP contribution in [-0.4, -0.2) is 48.8 Å². The molecule has 2 aromatic rings. The van der Waals surface area contributed by atoms with Crippen LogP contribution in [0.1, 0.15) is 18.9 Å². The van der Waals surface area contributed by atoms with Crippen molar-refractivity contribution < 1.29 is 14.4 Å². The quantitative estimate of drug-likeness (QED) is 0.765. The molecule has 2 aromatic carbocycles. The number of amides is 3. The molecule has 3 rings (SSSR count). The van der Waals surface area contributed by atoms with Crippen LogP contribution in [0.2, 0.25) is 5.02 Å². The number of anilines is 3. The number of para-hydroxylation sites is 2. The molecular weight excluding hydrogens is 404 g/mol. The molecule has 0 saturated heterocycles. The number of benzene rings is 2. The number of aryl methyl sites for hydroxylation is 1. The highest BCUT2D eigenvalue weighted by Gasteiger charge is 2.30. The van der Waals surface area contributed by atoms with Crippen molar-refractivity contribution in [2.24, 2.45) is 0 Å². The highest BCUT2D eigenvalue weighted by atomic mass is 35.5. The molecule has 0 fully saturated rings. The number of rotatable bonds is 5. The first-order chi connectivity index (χ1) is 14.2. The van der Waals surface area contributed by atoms with Gasteiger partial charge in [-0.15, -0.1) is 0 Å². The molecule has 0 aliphatic carbocycles. The molecule has 3 amide bonds. The summed E-state index contributed by atoms with van der Waals surface area (Å²) in [5, 5.41) is 6.21. The van der Waals surface area contributed by atoms with E-state index in [0.29, 0.717) is 22.1 Å². The van der Waals surface area contributed by atoms with Crippen molar-refractivity contribution in [1.82, 2.24) is 4.90 Å². The number of halogens is 1. The molecule has 0 bridgehead atoms. The normalized spacial score (nSPS) is 16.0. The van der Waals surface area contributed by atoms with Crippen molar-refractivity contribution in [2.45, 2.75) is 26.3 Å². The molecule has 1 aliphatic heterocycles. The minimum Gasteiger partial charge on any atom is -0.325 e. The molecule has 30 heavy (non-hydrogen) atoms. The van der Waals surface area contributed by atoms with Gasteiger partial charge in [0.2, 0.25) is 17.7 Å². The van der Waals surface area contributed by atoms with Crippen LogP contribution in [0.25, 0.3) is 0 Å². The third-order valence-electron chi connectivity index (χ3n) is 4.92. The maximum atomic E-state index is 13.1. The SMILES string of the molecule is Cc1ccc(Cl)cc1NC(=O)CN(C)CC(=O)N1c2ccccc2NC(=O)C[C@@H]1C. The Balaban J connectivity index is 1.67. The predicted molar refractivity (Wildman–Crippen MR) is 119 cm³/mol. The molecule has 1 heterocycles. The molecule has 8 heteroatoms. The second-order valence-electron chi connectivity index (χ2n) is 7.56. The number of likely N-dealkylation sites (N-methyl/N-ethyl adjacent to an activating group) is 1. The van der Waals surface area contributed by atoms with Gasteiger partial charge in [0, 0.05) is 23.2 Å². The lowest BCUT2D eigenvalue weighted by atomic mass is 10.1. The molecule has 158 valence electrons. The maximum absolute atomic E-state index is 13.1. The maximum Gasteiger partial charge on any atom is 0.241 e. The van der Waals surface area contributed by atoms with Crippen molar-refractivity contribution in [3.63, 3.8) is 0 Å². The second kappa shape index (κ2) is 9.28. The highest BCUT2D eigenvalue weighted by Crippen LogP contribution is 2.31. The fourth-order valence-electron chi connectivity index (χ4n) is 3.49. The number of hydrogen-bond donors (Lipinski definition) is 2. The summed E-state index contributed by atoms with van der Waals surface area (Å²) in [4.78, 5) is 40.9. The van der Waals surface area contributed by atoms with E-state index < -0.39 is 0 Å². The van der Waals surface area contributed by atoms with E-state index in [1.54, 1.807) is 35.0 Å². The molecule has 0 saturated carbocycles. The summed E-state index contributed by atoms with van der Waals surface area (Å²) in [5.74, 6) is -0.549. The van der Waals surface area contributed by atoms with E-state index in [-0.39, 0.29) is 43.3 Å². The Kier molecular flexibility index (Phi) is 6.74.